The summed E-state index contributed by atoms with van der Waals surface area (Å²) in [6.45, 7) is 3.16. The molecule has 10 nitrogen and oxygen atoms in total. The van der Waals surface area contributed by atoms with E-state index in [4.69, 9.17) is 24.1 Å². The molecule has 0 saturated carbocycles. The molecule has 0 amide bonds. The Hall–Kier alpha value is -3.11. The molecular weight excluding hydrogens is 592 g/mol. The molecule has 0 radical (unpaired) electrons. The maximum atomic E-state index is 14.3. The van der Waals surface area contributed by atoms with Gasteiger partial charge in [-0.25, -0.2) is 13.8 Å². The number of carbonyl (C=O) groups is 2. The van der Waals surface area contributed by atoms with Crippen LogP contribution in [0.5, 0.6) is 0 Å². The minimum atomic E-state index is -4.16. The second kappa shape index (κ2) is 13.5. The summed E-state index contributed by atoms with van der Waals surface area (Å²) in [5.41, 5.74) is 0.278. The molecule has 15 heteroatoms. The molecular formula is C27H30F4O10S. The average molecular weight is 623 g/mol. The van der Waals surface area contributed by atoms with E-state index in [2.05, 4.69) is 4.18 Å². The van der Waals surface area contributed by atoms with Crippen molar-refractivity contribution in [3.63, 3.8) is 0 Å². The number of rotatable bonds is 8. The monoisotopic (exact) mass is 622 g/mol. The molecule has 42 heavy (non-hydrogen) atoms. The van der Waals surface area contributed by atoms with Crippen molar-refractivity contribution in [3.8, 4) is 0 Å². The van der Waals surface area contributed by atoms with Crippen molar-refractivity contribution in [2.45, 2.75) is 75.5 Å². The number of hydrogen-bond acceptors (Lipinski definition) is 10. The van der Waals surface area contributed by atoms with E-state index in [1.165, 1.54) is 24.3 Å². The maximum absolute atomic E-state index is 14.3. The fourth-order valence-electron chi connectivity index (χ4n) is 4.11. The van der Waals surface area contributed by atoms with Crippen LogP contribution in [0.1, 0.15) is 47.4 Å². The van der Waals surface area contributed by atoms with E-state index in [1.54, 1.807) is 50.2 Å². The van der Waals surface area contributed by atoms with Gasteiger partial charge in [0.1, 0.15) is 12.2 Å². The SMILES string of the molecule is CC[C@H]1OC(O)C(F)(F)C1OC(=O)c1ccccc1.CC[C@H]1OC(OS(C)(=O)=O)C(F)(F)C1OC(=O)c1ccccc1. The van der Waals surface area contributed by atoms with Crippen LogP contribution in [0, 0.1) is 0 Å². The van der Waals surface area contributed by atoms with Gasteiger partial charge >= 0.3 is 23.8 Å². The first kappa shape index (κ1) is 33.4. The van der Waals surface area contributed by atoms with Gasteiger partial charge in [0.2, 0.25) is 12.6 Å². The van der Waals surface area contributed by atoms with Gasteiger partial charge in [-0.05, 0) is 37.1 Å². The van der Waals surface area contributed by atoms with Crippen LogP contribution in [0.15, 0.2) is 60.7 Å². The van der Waals surface area contributed by atoms with Crippen molar-refractivity contribution < 1.29 is 63.8 Å². The van der Waals surface area contributed by atoms with Crippen LogP contribution in [0.2, 0.25) is 0 Å². The van der Waals surface area contributed by atoms with E-state index in [0.29, 0.717) is 6.26 Å². The molecule has 2 heterocycles. The molecule has 2 aromatic carbocycles. The second-order valence-electron chi connectivity index (χ2n) is 9.38. The van der Waals surface area contributed by atoms with Crippen LogP contribution in [0.3, 0.4) is 0 Å². The third-order valence-electron chi connectivity index (χ3n) is 6.23. The number of aliphatic hydroxyl groups excluding tert-OH is 1. The van der Waals surface area contributed by atoms with Crippen molar-refractivity contribution in [2.24, 2.45) is 0 Å². The van der Waals surface area contributed by atoms with Crippen LogP contribution < -0.4 is 0 Å². The van der Waals surface area contributed by atoms with Crippen LogP contribution in [-0.2, 0) is 33.2 Å². The molecule has 4 rings (SSSR count). The molecule has 2 saturated heterocycles. The van der Waals surface area contributed by atoms with Crippen molar-refractivity contribution in [2.75, 3.05) is 6.26 Å². The predicted molar refractivity (Wildman–Crippen MR) is 137 cm³/mol. The Labute approximate surface area is 239 Å². The van der Waals surface area contributed by atoms with E-state index in [0.717, 1.165) is 0 Å². The van der Waals surface area contributed by atoms with E-state index in [9.17, 15) is 35.6 Å². The largest absolute Gasteiger partial charge is 0.449 e. The summed E-state index contributed by atoms with van der Waals surface area (Å²) in [7, 11) is -4.16. The number of ether oxygens (including phenoxy) is 4. The van der Waals surface area contributed by atoms with Crippen LogP contribution in [-0.4, -0.2) is 80.6 Å². The van der Waals surface area contributed by atoms with E-state index in [-0.39, 0.29) is 24.0 Å². The Kier molecular flexibility index (Phi) is 10.7. The molecule has 6 atom stereocenters. The first-order valence-corrected chi connectivity index (χ1v) is 14.6. The Morgan fingerprint density at radius 3 is 1.60 bits per heavy atom. The minimum absolute atomic E-state index is 0.0892. The lowest BCUT2D eigenvalue weighted by molar-refractivity contribution is -0.198. The third-order valence-corrected chi connectivity index (χ3v) is 6.76. The predicted octanol–water partition coefficient (Wildman–Crippen LogP) is 3.93. The number of carbonyl (C=O) groups excluding carboxylic acids is 2. The van der Waals surface area contributed by atoms with Gasteiger partial charge in [0.25, 0.3) is 10.1 Å². The van der Waals surface area contributed by atoms with E-state index in [1.807, 2.05) is 0 Å². The standard InChI is InChI=1S/C14H16F2O6S.C13H14F2O4/c1-3-10-11(21-12(17)9-7-5-4-6-8-9)14(15,16)13(20-10)22-23(2,18)19;1-2-9-10(13(14,15)12(17)18-9)19-11(16)8-6-4-3-5-7-8/h4-8,10-11,13H,3H2,1-2H3;3-7,9-10,12,17H,2H2,1H3/t10-,11?,13?;9-,10?,12?/m11/s1. The lowest BCUT2D eigenvalue weighted by Crippen LogP contribution is -2.44. The number of esters is 2. The number of benzene rings is 2. The minimum Gasteiger partial charge on any atom is -0.449 e. The summed E-state index contributed by atoms with van der Waals surface area (Å²) in [4.78, 5) is 23.7. The Bertz CT molecular complexity index is 1310. The quantitative estimate of drug-likeness (QED) is 0.262. The topological polar surface area (TPSA) is 135 Å². The zero-order valence-corrected chi connectivity index (χ0v) is 23.5. The average Bonchev–Trinajstić information content (AvgIpc) is 3.31. The molecule has 0 bridgehead atoms. The summed E-state index contributed by atoms with van der Waals surface area (Å²) in [5, 5.41) is 9.15. The van der Waals surface area contributed by atoms with Crippen molar-refractivity contribution in [3.05, 3.63) is 71.8 Å². The second-order valence-corrected chi connectivity index (χ2v) is 11.0. The molecule has 2 aliphatic heterocycles. The van der Waals surface area contributed by atoms with E-state index >= 15 is 0 Å². The summed E-state index contributed by atoms with van der Waals surface area (Å²) in [6.07, 6.45) is -9.54. The zero-order chi connectivity index (χ0) is 31.3. The summed E-state index contributed by atoms with van der Waals surface area (Å²) in [5.74, 6) is -9.21. The fraction of sp³-hybridized carbons (Fsp3) is 0.481. The van der Waals surface area contributed by atoms with Gasteiger partial charge in [0.15, 0.2) is 12.2 Å². The number of hydrogen-bond donors (Lipinski definition) is 1. The highest BCUT2D eigenvalue weighted by Gasteiger charge is 2.63. The third kappa shape index (κ3) is 7.83. The lowest BCUT2D eigenvalue weighted by atomic mass is 10.1. The molecule has 232 valence electrons. The molecule has 1 N–H and O–H groups in total. The van der Waals surface area contributed by atoms with Gasteiger partial charge < -0.3 is 24.1 Å². The Morgan fingerprint density at radius 2 is 1.19 bits per heavy atom. The molecule has 2 aliphatic rings. The molecule has 2 fully saturated rings. The zero-order valence-electron chi connectivity index (χ0n) is 22.7. The highest BCUT2D eigenvalue weighted by molar-refractivity contribution is 7.86. The van der Waals surface area contributed by atoms with Gasteiger partial charge in [0.05, 0.1) is 17.4 Å². The molecule has 0 aliphatic carbocycles. The first-order valence-electron chi connectivity index (χ1n) is 12.8. The molecule has 0 aromatic heterocycles. The maximum Gasteiger partial charge on any atom is 0.338 e. The summed E-state index contributed by atoms with van der Waals surface area (Å²) >= 11 is 0. The number of alkyl halides is 4. The van der Waals surface area contributed by atoms with Gasteiger partial charge in [-0.3, -0.25) is 0 Å². The number of aliphatic hydroxyl groups is 1. The van der Waals surface area contributed by atoms with Gasteiger partial charge in [-0.2, -0.15) is 26.0 Å². The smallest absolute Gasteiger partial charge is 0.338 e. The highest BCUT2D eigenvalue weighted by atomic mass is 32.2. The van der Waals surface area contributed by atoms with Crippen LogP contribution >= 0.6 is 0 Å². The summed E-state index contributed by atoms with van der Waals surface area (Å²) in [6, 6.07) is 15.5. The van der Waals surface area contributed by atoms with Crippen molar-refractivity contribution in [1.82, 2.24) is 0 Å². The van der Waals surface area contributed by atoms with Crippen molar-refractivity contribution in [1.29, 1.82) is 0 Å². The van der Waals surface area contributed by atoms with Crippen molar-refractivity contribution >= 4 is 22.1 Å². The normalized spacial score (nSPS) is 27.9. The number of halogens is 4. The van der Waals surface area contributed by atoms with Crippen LogP contribution in [0.4, 0.5) is 17.6 Å². The Balaban J connectivity index is 0.000000235. The first-order chi connectivity index (χ1) is 19.6. The molecule has 0 spiro atoms. The van der Waals surface area contributed by atoms with E-state index < -0.39 is 70.9 Å². The lowest BCUT2D eigenvalue weighted by Gasteiger charge is -2.22. The molecule has 4 unspecified atom stereocenters. The van der Waals surface area contributed by atoms with Gasteiger partial charge in [-0.1, -0.05) is 50.2 Å². The highest BCUT2D eigenvalue weighted by Crippen LogP contribution is 2.41. The van der Waals surface area contributed by atoms with Gasteiger partial charge in [0, 0.05) is 0 Å². The summed E-state index contributed by atoms with van der Waals surface area (Å²) < 4.78 is 102. The Morgan fingerprint density at radius 1 is 0.786 bits per heavy atom. The van der Waals surface area contributed by atoms with Gasteiger partial charge in [-0.15, -0.1) is 0 Å². The fourth-order valence-corrected chi connectivity index (χ4v) is 4.60. The molecule has 2 aromatic rings. The van der Waals surface area contributed by atoms with Crippen LogP contribution in [0.25, 0.3) is 0 Å².